The SMILES string of the molecule is CCCCCCCCCCCCCCCCCCCCCCC(O)C(CO)NC(=O)CCCCCCC/C=C\CCCCOC(=O)CCCCCCCCCCCCCCCCCCCCC. The first-order chi connectivity index (χ1) is 33.0. The minimum atomic E-state index is -0.682. The molecule has 0 spiro atoms. The standard InChI is InChI=1S/C61H119NO5/c1-3-5-7-9-11-13-15-17-19-21-23-25-26-28-30-33-37-41-45-49-53-59(64)58(57-63)62-60(65)54-50-46-42-38-34-32-36-40-44-48-52-56-67-61(66)55-51-47-43-39-35-31-29-27-24-22-20-18-16-14-12-10-8-6-4-2/h36,40,58-59,63-64H,3-35,37-39,41-57H2,1-2H3,(H,62,65)/b40-36-. The summed E-state index contributed by atoms with van der Waals surface area (Å²) < 4.78 is 5.46. The molecule has 1 amide bonds. The van der Waals surface area contributed by atoms with E-state index in [1.807, 2.05) is 0 Å². The molecule has 0 bridgehead atoms. The van der Waals surface area contributed by atoms with Crippen molar-refractivity contribution in [1.82, 2.24) is 5.32 Å². The largest absolute Gasteiger partial charge is 0.466 e. The van der Waals surface area contributed by atoms with Gasteiger partial charge in [0, 0.05) is 12.8 Å². The summed E-state index contributed by atoms with van der Waals surface area (Å²) in [6.07, 6.45) is 67.9. The zero-order chi connectivity index (χ0) is 48.6. The molecule has 6 nitrogen and oxygen atoms in total. The molecule has 0 saturated heterocycles. The summed E-state index contributed by atoms with van der Waals surface area (Å²) in [4.78, 5) is 24.6. The Morgan fingerprint density at radius 3 is 1.06 bits per heavy atom. The van der Waals surface area contributed by atoms with Crippen molar-refractivity contribution in [2.24, 2.45) is 0 Å². The molecule has 0 aromatic heterocycles. The lowest BCUT2D eigenvalue weighted by molar-refractivity contribution is -0.143. The number of esters is 1. The third-order valence-corrected chi connectivity index (χ3v) is 14.3. The van der Waals surface area contributed by atoms with Crippen molar-refractivity contribution in [3.8, 4) is 0 Å². The number of amides is 1. The Bertz CT molecular complexity index is 1000. The van der Waals surface area contributed by atoms with Crippen LogP contribution >= 0.6 is 0 Å². The summed E-state index contributed by atoms with van der Waals surface area (Å²) in [5.74, 6) is -0.0853. The van der Waals surface area contributed by atoms with Crippen molar-refractivity contribution < 1.29 is 24.5 Å². The maximum atomic E-state index is 12.5. The molecule has 0 aliphatic heterocycles. The van der Waals surface area contributed by atoms with Crippen LogP contribution in [0, 0.1) is 0 Å². The van der Waals surface area contributed by atoms with E-state index in [0.717, 1.165) is 77.0 Å². The minimum Gasteiger partial charge on any atom is -0.466 e. The number of rotatable bonds is 57. The molecule has 0 radical (unpaired) electrons. The van der Waals surface area contributed by atoms with E-state index in [9.17, 15) is 19.8 Å². The minimum absolute atomic E-state index is 0.0253. The van der Waals surface area contributed by atoms with Gasteiger partial charge in [-0.15, -0.1) is 0 Å². The molecule has 0 aromatic rings. The Kier molecular flexibility index (Phi) is 56.0. The van der Waals surface area contributed by atoms with Crippen LogP contribution in [0.15, 0.2) is 12.2 Å². The van der Waals surface area contributed by atoms with Gasteiger partial charge >= 0.3 is 5.97 Å². The summed E-state index contributed by atoms with van der Waals surface area (Å²) in [7, 11) is 0. The molecule has 0 fully saturated rings. The molecule has 0 aromatic carbocycles. The van der Waals surface area contributed by atoms with Gasteiger partial charge in [-0.25, -0.2) is 0 Å². The van der Waals surface area contributed by atoms with E-state index in [1.54, 1.807) is 0 Å². The second-order valence-electron chi connectivity index (χ2n) is 21.0. The van der Waals surface area contributed by atoms with Crippen molar-refractivity contribution >= 4 is 11.9 Å². The van der Waals surface area contributed by atoms with E-state index in [1.165, 1.54) is 231 Å². The van der Waals surface area contributed by atoms with Crippen LogP contribution in [0.3, 0.4) is 0 Å². The fourth-order valence-corrected chi connectivity index (χ4v) is 9.64. The molecule has 0 aliphatic rings. The summed E-state index contributed by atoms with van der Waals surface area (Å²) in [5.41, 5.74) is 0. The van der Waals surface area contributed by atoms with Gasteiger partial charge in [-0.05, 0) is 51.4 Å². The third-order valence-electron chi connectivity index (χ3n) is 14.3. The second kappa shape index (κ2) is 57.2. The van der Waals surface area contributed by atoms with E-state index in [4.69, 9.17) is 4.74 Å². The molecule has 0 rings (SSSR count). The van der Waals surface area contributed by atoms with Gasteiger partial charge in [0.25, 0.3) is 0 Å². The average Bonchev–Trinajstić information content (AvgIpc) is 3.33. The molecule has 398 valence electrons. The average molecular weight is 947 g/mol. The quantitative estimate of drug-likeness (QED) is 0.0321. The summed E-state index contributed by atoms with van der Waals surface area (Å²) >= 11 is 0. The number of nitrogens with one attached hydrogen (secondary N) is 1. The predicted molar refractivity (Wildman–Crippen MR) is 292 cm³/mol. The van der Waals surface area contributed by atoms with Crippen LogP contribution in [0.1, 0.15) is 341 Å². The molecular weight excluding hydrogens is 827 g/mol. The maximum Gasteiger partial charge on any atom is 0.305 e. The monoisotopic (exact) mass is 946 g/mol. The van der Waals surface area contributed by atoms with Crippen LogP contribution in [-0.2, 0) is 14.3 Å². The number of carbonyl (C=O) groups is 2. The lowest BCUT2D eigenvalue weighted by Crippen LogP contribution is -2.45. The van der Waals surface area contributed by atoms with Crippen molar-refractivity contribution in [3.05, 3.63) is 12.2 Å². The highest BCUT2D eigenvalue weighted by Gasteiger charge is 2.20. The lowest BCUT2D eigenvalue weighted by atomic mass is 10.0. The van der Waals surface area contributed by atoms with E-state index in [0.29, 0.717) is 25.9 Å². The molecule has 2 atom stereocenters. The fourth-order valence-electron chi connectivity index (χ4n) is 9.64. The predicted octanol–water partition coefficient (Wildman–Crippen LogP) is 18.9. The zero-order valence-corrected chi connectivity index (χ0v) is 45.4. The smallest absolute Gasteiger partial charge is 0.305 e. The molecular formula is C61H119NO5. The third kappa shape index (κ3) is 53.8. The Hall–Kier alpha value is -1.40. The maximum absolute atomic E-state index is 12.5. The molecule has 6 heteroatoms. The van der Waals surface area contributed by atoms with E-state index in [-0.39, 0.29) is 18.5 Å². The van der Waals surface area contributed by atoms with Crippen molar-refractivity contribution in [2.45, 2.75) is 353 Å². The van der Waals surface area contributed by atoms with Crippen molar-refractivity contribution in [2.75, 3.05) is 13.2 Å². The molecule has 67 heavy (non-hydrogen) atoms. The highest BCUT2D eigenvalue weighted by molar-refractivity contribution is 5.76. The number of hydrogen-bond acceptors (Lipinski definition) is 5. The van der Waals surface area contributed by atoms with Gasteiger partial charge < -0.3 is 20.3 Å². The van der Waals surface area contributed by atoms with Crippen LogP contribution < -0.4 is 5.32 Å². The number of carbonyl (C=O) groups excluding carboxylic acids is 2. The van der Waals surface area contributed by atoms with Crippen LogP contribution in [-0.4, -0.2) is 47.4 Å². The molecule has 0 saturated carbocycles. The van der Waals surface area contributed by atoms with Crippen molar-refractivity contribution in [3.63, 3.8) is 0 Å². The number of hydrogen-bond donors (Lipinski definition) is 3. The molecule has 0 aliphatic carbocycles. The Morgan fingerprint density at radius 1 is 0.403 bits per heavy atom. The first kappa shape index (κ1) is 65.6. The number of unbranched alkanes of at least 4 members (excludes halogenated alkanes) is 44. The molecule has 2 unspecified atom stereocenters. The first-order valence-corrected chi connectivity index (χ1v) is 30.4. The number of aliphatic hydroxyl groups excluding tert-OH is 2. The second-order valence-corrected chi connectivity index (χ2v) is 21.0. The highest BCUT2D eigenvalue weighted by Crippen LogP contribution is 2.18. The summed E-state index contributed by atoms with van der Waals surface area (Å²) in [5, 5.41) is 23.3. The lowest BCUT2D eigenvalue weighted by Gasteiger charge is -2.22. The van der Waals surface area contributed by atoms with Crippen LogP contribution in [0.5, 0.6) is 0 Å². The van der Waals surface area contributed by atoms with Gasteiger partial charge in [0.05, 0.1) is 25.4 Å². The highest BCUT2D eigenvalue weighted by atomic mass is 16.5. The topological polar surface area (TPSA) is 95.9 Å². The van der Waals surface area contributed by atoms with Gasteiger partial charge in [-0.1, -0.05) is 289 Å². The van der Waals surface area contributed by atoms with Gasteiger partial charge in [0.1, 0.15) is 0 Å². The van der Waals surface area contributed by atoms with Crippen LogP contribution in [0.2, 0.25) is 0 Å². The first-order valence-electron chi connectivity index (χ1n) is 30.4. The number of allylic oxidation sites excluding steroid dienone is 2. The van der Waals surface area contributed by atoms with Crippen molar-refractivity contribution in [1.29, 1.82) is 0 Å². The summed E-state index contributed by atoms with van der Waals surface area (Å²) in [6.45, 7) is 4.91. The van der Waals surface area contributed by atoms with Gasteiger partial charge in [0.2, 0.25) is 5.91 Å². The van der Waals surface area contributed by atoms with Crippen LogP contribution in [0.4, 0.5) is 0 Å². The van der Waals surface area contributed by atoms with Gasteiger partial charge in [0.15, 0.2) is 0 Å². The summed E-state index contributed by atoms with van der Waals surface area (Å²) in [6, 6.07) is -0.562. The zero-order valence-electron chi connectivity index (χ0n) is 45.4. The molecule has 3 N–H and O–H groups in total. The Morgan fingerprint density at radius 2 is 0.701 bits per heavy atom. The van der Waals surface area contributed by atoms with E-state index in [2.05, 4.69) is 31.3 Å². The number of aliphatic hydroxyl groups is 2. The van der Waals surface area contributed by atoms with Gasteiger partial charge in [-0.3, -0.25) is 9.59 Å². The number of ether oxygens (including phenoxy) is 1. The molecule has 0 heterocycles. The Balaban J connectivity index is 3.47. The normalized spacial score (nSPS) is 12.6. The Labute approximate surface area is 419 Å². The van der Waals surface area contributed by atoms with E-state index < -0.39 is 12.1 Å². The van der Waals surface area contributed by atoms with E-state index >= 15 is 0 Å². The van der Waals surface area contributed by atoms with Gasteiger partial charge in [-0.2, -0.15) is 0 Å². The fraction of sp³-hybridized carbons (Fsp3) is 0.934. The van der Waals surface area contributed by atoms with Crippen LogP contribution in [0.25, 0.3) is 0 Å².